The quantitative estimate of drug-likeness (QED) is 0.255. The summed E-state index contributed by atoms with van der Waals surface area (Å²) in [5, 5.41) is 14.2. The van der Waals surface area contributed by atoms with Crippen molar-refractivity contribution in [2.24, 2.45) is 5.92 Å². The van der Waals surface area contributed by atoms with Crippen molar-refractivity contribution in [3.05, 3.63) is 47.7 Å². The Labute approximate surface area is 193 Å². The Bertz CT molecular complexity index is 1170. The molecule has 0 saturated carbocycles. The zero-order valence-corrected chi connectivity index (χ0v) is 20.0. The highest BCUT2D eigenvalue weighted by molar-refractivity contribution is 8.00. The molecule has 0 aliphatic carbocycles. The third-order valence-electron chi connectivity index (χ3n) is 4.55. The number of nitrogens with one attached hydrogen (secondary N) is 1. The number of aromatic nitrogens is 4. The van der Waals surface area contributed by atoms with E-state index in [2.05, 4.69) is 57.5 Å². The Morgan fingerprint density at radius 1 is 1.13 bits per heavy atom. The van der Waals surface area contributed by atoms with Gasteiger partial charge in [0, 0.05) is 16.7 Å². The maximum atomic E-state index is 12.9. The molecular formula is C22H23N5OS3. The van der Waals surface area contributed by atoms with Crippen LogP contribution in [0.25, 0.3) is 20.7 Å². The predicted octanol–water partition coefficient (Wildman–Crippen LogP) is 5.92. The van der Waals surface area contributed by atoms with Crippen molar-refractivity contribution < 1.29 is 4.79 Å². The first-order valence-electron chi connectivity index (χ1n) is 10.1. The summed E-state index contributed by atoms with van der Waals surface area (Å²) < 4.78 is 0. The number of thiophene rings is 1. The maximum Gasteiger partial charge on any atom is 0.239 e. The Kier molecular flexibility index (Phi) is 6.94. The van der Waals surface area contributed by atoms with Crippen LogP contribution in [0.1, 0.15) is 32.2 Å². The summed E-state index contributed by atoms with van der Waals surface area (Å²) in [6, 6.07) is 12.3. The van der Waals surface area contributed by atoms with E-state index in [0.29, 0.717) is 17.5 Å². The first kappa shape index (κ1) is 21.9. The summed E-state index contributed by atoms with van der Waals surface area (Å²) in [6.45, 7) is 6.28. The zero-order valence-electron chi connectivity index (χ0n) is 17.5. The molecule has 9 heteroatoms. The molecule has 0 spiro atoms. The topological polar surface area (TPSA) is 80.7 Å². The highest BCUT2D eigenvalue weighted by Crippen LogP contribution is 2.37. The minimum atomic E-state index is -0.282. The summed E-state index contributed by atoms with van der Waals surface area (Å²) in [4.78, 5) is 23.9. The van der Waals surface area contributed by atoms with Crippen LogP contribution >= 0.6 is 34.4 Å². The van der Waals surface area contributed by atoms with Crippen LogP contribution in [0.4, 0.5) is 5.13 Å². The van der Waals surface area contributed by atoms with Gasteiger partial charge in [-0.3, -0.25) is 10.1 Å². The number of rotatable bonds is 8. The summed E-state index contributed by atoms with van der Waals surface area (Å²) in [7, 11) is 0. The van der Waals surface area contributed by atoms with E-state index in [1.807, 2.05) is 25.1 Å². The number of hydrogen-bond acceptors (Lipinski definition) is 8. The summed E-state index contributed by atoms with van der Waals surface area (Å²) in [5.74, 6) is 0.423. The SMILES string of the molecule is CCC(Sc1ncnc2sc(-c3ccccc3)cc12)C(=O)Nc1nnc(CC(C)C)s1. The summed E-state index contributed by atoms with van der Waals surface area (Å²) >= 11 is 4.55. The molecule has 4 aromatic rings. The van der Waals surface area contributed by atoms with Crippen LogP contribution in [0, 0.1) is 5.92 Å². The lowest BCUT2D eigenvalue weighted by atomic mass is 10.1. The monoisotopic (exact) mass is 469 g/mol. The molecule has 3 heterocycles. The van der Waals surface area contributed by atoms with Crippen LogP contribution in [0.3, 0.4) is 0 Å². The maximum absolute atomic E-state index is 12.9. The standard InChI is InChI=1S/C22H23N5OS3/c1-4-16(19(28)25-22-27-26-18(31-22)10-13(2)3)29-20-15-11-17(14-8-6-5-7-9-14)30-21(15)24-12-23-20/h5-9,11-13,16H,4,10H2,1-3H3,(H,25,27,28). The molecule has 1 aromatic carbocycles. The van der Waals surface area contributed by atoms with Crippen LogP contribution in [0.5, 0.6) is 0 Å². The highest BCUT2D eigenvalue weighted by Gasteiger charge is 2.22. The molecule has 0 aliphatic heterocycles. The van der Waals surface area contributed by atoms with Gasteiger partial charge in [-0.15, -0.1) is 21.5 Å². The van der Waals surface area contributed by atoms with E-state index in [1.54, 1.807) is 17.7 Å². The first-order valence-corrected chi connectivity index (χ1v) is 12.6. The molecule has 31 heavy (non-hydrogen) atoms. The van der Waals surface area contributed by atoms with Gasteiger partial charge in [-0.25, -0.2) is 9.97 Å². The van der Waals surface area contributed by atoms with E-state index in [9.17, 15) is 4.79 Å². The van der Waals surface area contributed by atoms with Gasteiger partial charge in [0.15, 0.2) is 0 Å². The zero-order chi connectivity index (χ0) is 21.8. The molecule has 4 rings (SSSR count). The fraction of sp³-hybridized carbons (Fsp3) is 0.318. The Balaban J connectivity index is 1.52. The van der Waals surface area contributed by atoms with Crippen LogP contribution in [0.15, 0.2) is 47.8 Å². The van der Waals surface area contributed by atoms with Gasteiger partial charge in [0.1, 0.15) is 21.2 Å². The lowest BCUT2D eigenvalue weighted by Crippen LogP contribution is -2.24. The van der Waals surface area contributed by atoms with Crippen molar-refractivity contribution in [1.29, 1.82) is 0 Å². The first-order chi connectivity index (χ1) is 15.0. The number of anilines is 1. The average molecular weight is 470 g/mol. The van der Waals surface area contributed by atoms with Crippen LogP contribution in [0.2, 0.25) is 0 Å². The van der Waals surface area contributed by atoms with Gasteiger partial charge in [-0.05, 0) is 24.0 Å². The van der Waals surface area contributed by atoms with Crippen molar-refractivity contribution in [2.45, 2.75) is 43.9 Å². The number of amides is 1. The predicted molar refractivity (Wildman–Crippen MR) is 130 cm³/mol. The number of thioether (sulfide) groups is 1. The molecule has 0 aliphatic rings. The second-order valence-electron chi connectivity index (χ2n) is 7.48. The van der Waals surface area contributed by atoms with E-state index in [4.69, 9.17) is 0 Å². The number of carbonyl (C=O) groups is 1. The van der Waals surface area contributed by atoms with Crippen LogP contribution in [-0.4, -0.2) is 31.3 Å². The van der Waals surface area contributed by atoms with Gasteiger partial charge in [-0.2, -0.15) is 0 Å². The van der Waals surface area contributed by atoms with Gasteiger partial charge < -0.3 is 0 Å². The molecule has 0 saturated heterocycles. The van der Waals surface area contributed by atoms with Crippen molar-refractivity contribution in [3.63, 3.8) is 0 Å². The largest absolute Gasteiger partial charge is 0.300 e. The number of nitrogens with zero attached hydrogens (tertiary/aromatic N) is 4. The molecule has 0 fully saturated rings. The van der Waals surface area contributed by atoms with E-state index in [0.717, 1.165) is 37.1 Å². The molecule has 1 unspecified atom stereocenters. The second-order valence-corrected chi connectivity index (χ2v) is 10.8. The Morgan fingerprint density at radius 3 is 2.68 bits per heavy atom. The van der Waals surface area contributed by atoms with Gasteiger partial charge in [0.2, 0.25) is 11.0 Å². The normalized spacial score (nSPS) is 12.4. The average Bonchev–Trinajstić information content (AvgIpc) is 3.39. The lowest BCUT2D eigenvalue weighted by molar-refractivity contribution is -0.115. The van der Waals surface area contributed by atoms with Crippen molar-refractivity contribution in [2.75, 3.05) is 5.32 Å². The molecule has 3 aromatic heterocycles. The highest BCUT2D eigenvalue weighted by atomic mass is 32.2. The number of fused-ring (bicyclic) bond motifs is 1. The molecule has 1 atom stereocenters. The molecular weight excluding hydrogens is 446 g/mol. The number of hydrogen-bond donors (Lipinski definition) is 1. The van der Waals surface area contributed by atoms with Crippen LogP contribution in [-0.2, 0) is 11.2 Å². The molecule has 160 valence electrons. The van der Waals surface area contributed by atoms with E-state index in [1.165, 1.54) is 23.1 Å². The lowest BCUT2D eigenvalue weighted by Gasteiger charge is -2.13. The Morgan fingerprint density at radius 2 is 1.94 bits per heavy atom. The molecule has 6 nitrogen and oxygen atoms in total. The molecule has 0 bridgehead atoms. The third kappa shape index (κ3) is 5.28. The Hall–Kier alpha value is -2.36. The minimum Gasteiger partial charge on any atom is -0.300 e. The molecule has 1 N–H and O–H groups in total. The van der Waals surface area contributed by atoms with Crippen molar-refractivity contribution in [3.8, 4) is 10.4 Å². The van der Waals surface area contributed by atoms with Gasteiger partial charge in [0.25, 0.3) is 0 Å². The minimum absolute atomic E-state index is 0.0787. The smallest absolute Gasteiger partial charge is 0.239 e. The number of benzene rings is 1. The third-order valence-corrected chi connectivity index (χ3v) is 7.88. The fourth-order valence-corrected chi connectivity index (χ4v) is 6.07. The van der Waals surface area contributed by atoms with E-state index in [-0.39, 0.29) is 11.2 Å². The molecule has 1 amide bonds. The second kappa shape index (κ2) is 9.84. The number of carbonyl (C=O) groups excluding carboxylic acids is 1. The van der Waals surface area contributed by atoms with Crippen molar-refractivity contribution in [1.82, 2.24) is 20.2 Å². The summed E-state index contributed by atoms with van der Waals surface area (Å²) in [5.41, 5.74) is 1.15. The van der Waals surface area contributed by atoms with Crippen molar-refractivity contribution >= 4 is 55.7 Å². The van der Waals surface area contributed by atoms with Gasteiger partial charge >= 0.3 is 0 Å². The van der Waals surface area contributed by atoms with Gasteiger partial charge in [-0.1, -0.05) is 74.2 Å². The van der Waals surface area contributed by atoms with E-state index < -0.39 is 0 Å². The molecule has 0 radical (unpaired) electrons. The van der Waals surface area contributed by atoms with Gasteiger partial charge in [0.05, 0.1) is 5.25 Å². The van der Waals surface area contributed by atoms with Crippen LogP contribution < -0.4 is 5.32 Å². The summed E-state index contributed by atoms with van der Waals surface area (Å²) in [6.07, 6.45) is 3.11. The fourth-order valence-electron chi connectivity index (χ4n) is 3.05. The van der Waals surface area contributed by atoms with E-state index >= 15 is 0 Å².